The molecule has 2 N–H and O–H groups in total. The fourth-order valence-electron chi connectivity index (χ4n) is 2.85. The number of rotatable bonds is 5. The number of aromatic nitrogens is 1. The molecule has 0 aliphatic carbocycles. The molecule has 0 aliphatic rings. The van der Waals surface area contributed by atoms with Crippen LogP contribution in [-0.4, -0.2) is 15.0 Å². The van der Waals surface area contributed by atoms with Crippen molar-refractivity contribution in [3.8, 4) is 0 Å². The minimum Gasteiger partial charge on any atom is -0.502 e. The second kappa shape index (κ2) is 8.62. The molecule has 2 aromatic carbocycles. The molecule has 3 rings (SSSR count). The van der Waals surface area contributed by atoms with Gasteiger partial charge in [0.2, 0.25) is 0 Å². The number of nitrogens with zero attached hydrogens (tertiary/aromatic N) is 2. The Labute approximate surface area is 173 Å². The zero-order chi connectivity index (χ0) is 21.0. The molecule has 0 aliphatic heterocycles. The maximum Gasteiger partial charge on any atom is 0.288 e. The summed E-state index contributed by atoms with van der Waals surface area (Å²) in [5.74, 6) is -0.0819. The molecule has 0 radical (unpaired) electrons. The number of hydrogen-bond donors (Lipinski definition) is 2. The summed E-state index contributed by atoms with van der Waals surface area (Å²) in [6, 6.07) is 17.2. The van der Waals surface area contributed by atoms with Gasteiger partial charge in [0, 0.05) is 35.0 Å². The normalized spacial score (nSPS) is 11.5. The third-order valence-electron chi connectivity index (χ3n) is 4.39. The van der Waals surface area contributed by atoms with Crippen molar-refractivity contribution in [3.05, 3.63) is 99.9 Å². The van der Waals surface area contributed by atoms with Gasteiger partial charge in [0.25, 0.3) is 11.4 Å². The van der Waals surface area contributed by atoms with Gasteiger partial charge in [-0.25, -0.2) is 0 Å². The van der Waals surface area contributed by atoms with E-state index >= 15 is 0 Å². The van der Waals surface area contributed by atoms with E-state index in [0.717, 1.165) is 16.8 Å². The Balaban J connectivity index is 2.09. The molecule has 1 heterocycles. The Morgan fingerprint density at radius 3 is 2.38 bits per heavy atom. The van der Waals surface area contributed by atoms with Crippen molar-refractivity contribution >= 4 is 40.0 Å². The SMILES string of the molecule is Cc1ccc[n+](C(C(=S)Nc2ccccc2C)=C(O)c2ccc([N+](=O)[O-])cc2)c1. The number of aliphatic hydroxyl groups is 1. The first kappa shape index (κ1) is 20.2. The van der Waals surface area contributed by atoms with Gasteiger partial charge in [-0.15, -0.1) is 0 Å². The number of aliphatic hydroxyl groups excluding tert-OH is 1. The smallest absolute Gasteiger partial charge is 0.288 e. The first-order chi connectivity index (χ1) is 13.9. The average molecular weight is 406 g/mol. The monoisotopic (exact) mass is 406 g/mol. The summed E-state index contributed by atoms with van der Waals surface area (Å²) in [5, 5.41) is 25.1. The average Bonchev–Trinajstić information content (AvgIpc) is 2.70. The van der Waals surface area contributed by atoms with E-state index in [9.17, 15) is 15.2 Å². The van der Waals surface area contributed by atoms with Crippen molar-refractivity contribution in [2.75, 3.05) is 5.32 Å². The topological polar surface area (TPSA) is 79.3 Å². The number of nitro benzene ring substituents is 1. The third kappa shape index (κ3) is 4.64. The Kier molecular flexibility index (Phi) is 5.99. The number of para-hydroxylation sites is 1. The van der Waals surface area contributed by atoms with E-state index < -0.39 is 4.92 Å². The van der Waals surface area contributed by atoms with E-state index in [-0.39, 0.29) is 11.4 Å². The zero-order valence-corrected chi connectivity index (χ0v) is 16.8. The number of pyridine rings is 1. The van der Waals surface area contributed by atoms with Crippen LogP contribution in [0.15, 0.2) is 73.1 Å². The zero-order valence-electron chi connectivity index (χ0n) is 16.0. The molecule has 0 bridgehead atoms. The van der Waals surface area contributed by atoms with E-state index in [4.69, 9.17) is 12.2 Å². The van der Waals surface area contributed by atoms with Gasteiger partial charge in [0.05, 0.1) is 4.92 Å². The second-order valence-corrected chi connectivity index (χ2v) is 6.97. The lowest BCUT2D eigenvalue weighted by atomic mass is 10.1. The molecule has 0 saturated carbocycles. The first-order valence-corrected chi connectivity index (χ1v) is 9.31. The number of nitro groups is 1. The Hall–Kier alpha value is -3.58. The molecule has 146 valence electrons. The minimum atomic E-state index is -0.481. The number of non-ortho nitro benzene ring substituents is 1. The number of anilines is 1. The minimum absolute atomic E-state index is 0.0491. The van der Waals surface area contributed by atoms with Crippen LogP contribution in [0.1, 0.15) is 16.7 Å². The number of hydrogen-bond acceptors (Lipinski definition) is 4. The molecule has 7 heteroatoms. The van der Waals surface area contributed by atoms with Gasteiger partial charge in [-0.1, -0.05) is 30.4 Å². The maximum absolute atomic E-state index is 11.0. The molecule has 0 fully saturated rings. The molecule has 6 nitrogen and oxygen atoms in total. The molecule has 0 spiro atoms. The van der Waals surface area contributed by atoms with Crippen LogP contribution in [0.2, 0.25) is 0 Å². The van der Waals surface area contributed by atoms with Crippen molar-refractivity contribution in [1.29, 1.82) is 0 Å². The number of nitrogens with one attached hydrogen (secondary N) is 1. The lowest BCUT2D eigenvalue weighted by molar-refractivity contribution is -0.576. The summed E-state index contributed by atoms with van der Waals surface area (Å²) in [6.07, 6.45) is 3.64. The van der Waals surface area contributed by atoms with E-state index in [1.807, 2.05) is 56.4 Å². The predicted molar refractivity (Wildman–Crippen MR) is 118 cm³/mol. The summed E-state index contributed by atoms with van der Waals surface area (Å²) in [7, 11) is 0. The lowest BCUT2D eigenvalue weighted by Gasteiger charge is -2.12. The third-order valence-corrected chi connectivity index (χ3v) is 4.69. The molecule has 29 heavy (non-hydrogen) atoms. The van der Waals surface area contributed by atoms with Crippen LogP contribution in [-0.2, 0) is 0 Å². The van der Waals surface area contributed by atoms with Crippen LogP contribution in [0.3, 0.4) is 0 Å². The number of thiocarbonyl (C=S) groups is 1. The summed E-state index contributed by atoms with van der Waals surface area (Å²) in [4.78, 5) is 10.8. The van der Waals surface area contributed by atoms with E-state index in [0.29, 0.717) is 16.2 Å². The van der Waals surface area contributed by atoms with Crippen molar-refractivity contribution in [1.82, 2.24) is 0 Å². The van der Waals surface area contributed by atoms with Crippen molar-refractivity contribution in [2.45, 2.75) is 13.8 Å². The van der Waals surface area contributed by atoms with Crippen LogP contribution in [0, 0.1) is 24.0 Å². The molecule has 0 saturated heterocycles. The molecule has 3 aromatic rings. The largest absolute Gasteiger partial charge is 0.502 e. The van der Waals surface area contributed by atoms with Gasteiger partial charge in [0.1, 0.15) is 0 Å². The van der Waals surface area contributed by atoms with E-state index in [1.54, 1.807) is 10.8 Å². The van der Waals surface area contributed by atoms with Crippen LogP contribution in [0.25, 0.3) is 11.5 Å². The van der Waals surface area contributed by atoms with Crippen LogP contribution in [0.4, 0.5) is 11.4 Å². The Morgan fingerprint density at radius 1 is 1.07 bits per heavy atom. The van der Waals surface area contributed by atoms with E-state index in [1.165, 1.54) is 24.3 Å². The predicted octanol–water partition coefficient (Wildman–Crippen LogP) is 4.82. The Morgan fingerprint density at radius 2 is 1.76 bits per heavy atom. The van der Waals surface area contributed by atoms with E-state index in [2.05, 4.69) is 5.32 Å². The summed E-state index contributed by atoms with van der Waals surface area (Å²) >= 11 is 5.63. The highest BCUT2D eigenvalue weighted by Gasteiger charge is 2.24. The highest BCUT2D eigenvalue weighted by Crippen LogP contribution is 2.22. The molecule has 0 amide bonds. The van der Waals surface area contributed by atoms with Gasteiger partial charge in [-0.3, -0.25) is 10.1 Å². The molecular weight excluding hydrogens is 386 g/mol. The lowest BCUT2D eigenvalue weighted by Crippen LogP contribution is -2.38. The first-order valence-electron chi connectivity index (χ1n) is 8.90. The highest BCUT2D eigenvalue weighted by atomic mass is 32.1. The number of benzene rings is 2. The van der Waals surface area contributed by atoms with Gasteiger partial charge in [0.15, 0.2) is 23.1 Å². The highest BCUT2D eigenvalue weighted by molar-refractivity contribution is 7.81. The summed E-state index contributed by atoms with van der Waals surface area (Å²) in [5.41, 5.74) is 3.58. The van der Waals surface area contributed by atoms with Gasteiger partial charge in [-0.05, 0) is 43.7 Å². The Bertz CT molecular complexity index is 1110. The van der Waals surface area contributed by atoms with Crippen molar-refractivity contribution in [3.63, 3.8) is 0 Å². The van der Waals surface area contributed by atoms with Crippen molar-refractivity contribution < 1.29 is 14.6 Å². The molecular formula is C22H20N3O3S+. The van der Waals surface area contributed by atoms with Gasteiger partial charge >= 0.3 is 0 Å². The van der Waals surface area contributed by atoms with Crippen LogP contribution in [0.5, 0.6) is 0 Å². The number of aryl methyl sites for hydroxylation is 2. The van der Waals surface area contributed by atoms with Crippen LogP contribution >= 0.6 is 12.2 Å². The van der Waals surface area contributed by atoms with Gasteiger partial charge in [-0.2, -0.15) is 4.57 Å². The fourth-order valence-corrected chi connectivity index (χ4v) is 3.16. The summed E-state index contributed by atoms with van der Waals surface area (Å²) in [6.45, 7) is 3.90. The second-order valence-electron chi connectivity index (χ2n) is 6.56. The van der Waals surface area contributed by atoms with Crippen molar-refractivity contribution in [2.24, 2.45) is 0 Å². The maximum atomic E-state index is 11.0. The van der Waals surface area contributed by atoms with Crippen LogP contribution < -0.4 is 9.88 Å². The molecule has 1 aromatic heterocycles. The van der Waals surface area contributed by atoms with Gasteiger partial charge < -0.3 is 10.4 Å². The quantitative estimate of drug-likeness (QED) is 0.159. The summed E-state index contributed by atoms with van der Waals surface area (Å²) < 4.78 is 1.74. The molecule has 0 atom stereocenters. The fraction of sp³-hybridized carbons (Fsp3) is 0.0909. The standard InChI is InChI=1S/C22H19N3O3S/c1-15-6-5-13-24(14-15)20(22(29)23-19-8-4-3-7-16(19)2)21(26)17-9-11-18(12-10-17)25(27)28/h3-14H,1-2H3,(H-,23,26,29)/p+1. The molecule has 0 unspecified atom stereocenters.